The average Bonchev–Trinajstić information content (AvgIpc) is 2.83. The van der Waals surface area contributed by atoms with Gasteiger partial charge in [-0.05, 0) is 31.2 Å². The Bertz CT molecular complexity index is 869. The van der Waals surface area contributed by atoms with Crippen LogP contribution in [0.25, 0.3) is 0 Å². The Kier molecular flexibility index (Phi) is 3.25. The van der Waals surface area contributed by atoms with Crippen LogP contribution in [0.5, 0.6) is 0 Å². The summed E-state index contributed by atoms with van der Waals surface area (Å²) < 4.78 is 13.4. The van der Waals surface area contributed by atoms with Crippen LogP contribution in [0.15, 0.2) is 52.5 Å². The molecule has 0 aliphatic carbocycles. The van der Waals surface area contributed by atoms with Crippen molar-refractivity contribution in [2.24, 2.45) is 10.5 Å². The van der Waals surface area contributed by atoms with Gasteiger partial charge in [-0.1, -0.05) is 29.8 Å². The molecule has 0 aromatic heterocycles. The molecule has 0 radical (unpaired) electrons. The van der Waals surface area contributed by atoms with Gasteiger partial charge in [0, 0.05) is 16.2 Å². The van der Waals surface area contributed by atoms with E-state index in [0.29, 0.717) is 11.4 Å². The van der Waals surface area contributed by atoms with Gasteiger partial charge in [0.25, 0.3) is 5.91 Å². The molecule has 0 spiro atoms. The number of benzene rings is 2. The molecule has 2 aromatic carbocycles. The second kappa shape index (κ2) is 5.08. The monoisotopic (exact) mass is 346 g/mol. The summed E-state index contributed by atoms with van der Waals surface area (Å²) in [6.45, 7) is 1.90. The van der Waals surface area contributed by atoms with Crippen molar-refractivity contribution in [3.05, 3.63) is 58.9 Å². The summed E-state index contributed by atoms with van der Waals surface area (Å²) >= 11 is 7.50. The van der Waals surface area contributed by atoms with E-state index in [-0.39, 0.29) is 10.9 Å². The van der Waals surface area contributed by atoms with Gasteiger partial charge in [-0.15, -0.1) is 11.8 Å². The van der Waals surface area contributed by atoms with Crippen molar-refractivity contribution in [3.8, 4) is 0 Å². The number of anilines is 1. The number of amides is 1. The van der Waals surface area contributed by atoms with Gasteiger partial charge in [0.2, 0.25) is 0 Å². The largest absolute Gasteiger partial charge is 0.271 e. The summed E-state index contributed by atoms with van der Waals surface area (Å²) in [5.74, 6) is 0.00374. The molecule has 0 N–H and O–H groups in total. The van der Waals surface area contributed by atoms with Crippen LogP contribution in [-0.2, 0) is 4.79 Å². The summed E-state index contributed by atoms with van der Waals surface area (Å²) in [5, 5.41) is 5.86. The normalized spacial score (nSPS) is 22.7. The van der Waals surface area contributed by atoms with Crippen molar-refractivity contribution in [1.82, 2.24) is 0 Å². The fraction of sp³-hybridized carbons (Fsp3) is 0.176. The second-order valence-electron chi connectivity index (χ2n) is 5.78. The molecule has 2 aromatic rings. The first kappa shape index (κ1) is 14.7. The molecule has 0 saturated carbocycles. The van der Waals surface area contributed by atoms with E-state index in [1.54, 1.807) is 11.8 Å². The first-order valence-electron chi connectivity index (χ1n) is 7.11. The van der Waals surface area contributed by atoms with Crippen LogP contribution < -0.4 is 5.01 Å². The van der Waals surface area contributed by atoms with E-state index in [1.807, 2.05) is 31.2 Å². The molecule has 2 heterocycles. The number of fused-ring (bicyclic) bond motifs is 3. The zero-order chi connectivity index (χ0) is 16.2. The lowest BCUT2D eigenvalue weighted by Gasteiger charge is -2.29. The van der Waals surface area contributed by atoms with E-state index < -0.39 is 11.2 Å². The molecule has 3 nitrogen and oxygen atoms in total. The van der Waals surface area contributed by atoms with Crippen LogP contribution in [0.3, 0.4) is 0 Å². The summed E-state index contributed by atoms with van der Waals surface area (Å²) in [6.07, 6.45) is 0. The fourth-order valence-corrected chi connectivity index (χ4v) is 4.25. The Hall–Kier alpha value is -1.85. The highest BCUT2D eigenvalue weighted by Crippen LogP contribution is 2.45. The Labute approximate surface area is 142 Å². The summed E-state index contributed by atoms with van der Waals surface area (Å²) in [4.78, 5) is 14.0. The van der Waals surface area contributed by atoms with Crippen molar-refractivity contribution < 1.29 is 9.18 Å². The number of carbonyl (C=O) groups excluding carboxylic acids is 1. The molecule has 6 heteroatoms. The second-order valence-corrected chi connectivity index (χ2v) is 7.21. The zero-order valence-corrected chi connectivity index (χ0v) is 13.8. The number of nitrogens with zero attached hydrogens (tertiary/aromatic N) is 2. The van der Waals surface area contributed by atoms with E-state index >= 15 is 0 Å². The molecular formula is C17H12ClFN2OS. The van der Waals surface area contributed by atoms with Crippen molar-refractivity contribution in [2.75, 3.05) is 10.8 Å². The van der Waals surface area contributed by atoms with Gasteiger partial charge < -0.3 is 0 Å². The SMILES string of the molecule is CC12CSc3ccccc3C1=NN(c1ccc(F)c(Cl)c1)C2=O. The highest BCUT2D eigenvalue weighted by Gasteiger charge is 2.50. The number of thioether (sulfide) groups is 1. The number of rotatable bonds is 1. The molecule has 23 heavy (non-hydrogen) atoms. The third kappa shape index (κ3) is 2.11. The molecule has 0 bridgehead atoms. The maximum Gasteiger partial charge on any atom is 0.260 e. The summed E-state index contributed by atoms with van der Waals surface area (Å²) in [7, 11) is 0. The minimum absolute atomic E-state index is 0.0229. The molecular weight excluding hydrogens is 335 g/mol. The minimum atomic E-state index is -0.681. The van der Waals surface area contributed by atoms with E-state index in [4.69, 9.17) is 11.6 Å². The van der Waals surface area contributed by atoms with Crippen LogP contribution in [0.1, 0.15) is 12.5 Å². The molecule has 1 atom stereocenters. The number of carbonyl (C=O) groups is 1. The van der Waals surface area contributed by atoms with Crippen molar-refractivity contribution >= 4 is 40.7 Å². The van der Waals surface area contributed by atoms with Crippen molar-refractivity contribution in [3.63, 3.8) is 0 Å². The highest BCUT2D eigenvalue weighted by atomic mass is 35.5. The summed E-state index contributed by atoms with van der Waals surface area (Å²) in [5.41, 5.74) is 1.54. The lowest BCUT2D eigenvalue weighted by atomic mass is 9.83. The number of hydrazone groups is 1. The minimum Gasteiger partial charge on any atom is -0.271 e. The maximum absolute atomic E-state index is 13.4. The zero-order valence-electron chi connectivity index (χ0n) is 12.2. The van der Waals surface area contributed by atoms with E-state index in [9.17, 15) is 9.18 Å². The number of hydrogen-bond acceptors (Lipinski definition) is 3. The standard InChI is InChI=1S/C17H12ClFN2OS/c1-17-9-23-14-5-3-2-4-11(14)15(17)20-21(16(17)22)10-6-7-13(19)12(18)8-10/h2-8H,9H2,1H3. The molecule has 1 unspecified atom stereocenters. The van der Waals surface area contributed by atoms with Crippen LogP contribution in [0, 0.1) is 11.2 Å². The van der Waals surface area contributed by atoms with Gasteiger partial charge >= 0.3 is 0 Å². The Morgan fingerprint density at radius 3 is 2.87 bits per heavy atom. The number of halogens is 2. The summed E-state index contributed by atoms with van der Waals surface area (Å²) in [6, 6.07) is 12.1. The van der Waals surface area contributed by atoms with Crippen LogP contribution in [0.2, 0.25) is 5.02 Å². The van der Waals surface area contributed by atoms with Gasteiger partial charge in [0.05, 0.1) is 16.4 Å². The van der Waals surface area contributed by atoms with Gasteiger partial charge in [-0.2, -0.15) is 10.1 Å². The first-order chi connectivity index (χ1) is 11.0. The molecule has 2 aliphatic heterocycles. The molecule has 0 saturated heterocycles. The number of hydrogen-bond donors (Lipinski definition) is 0. The van der Waals surface area contributed by atoms with Crippen LogP contribution in [-0.4, -0.2) is 17.4 Å². The Balaban J connectivity index is 1.85. The molecule has 4 rings (SSSR count). The van der Waals surface area contributed by atoms with E-state index in [1.165, 1.54) is 23.2 Å². The molecule has 2 aliphatic rings. The lowest BCUT2D eigenvalue weighted by Crippen LogP contribution is -2.41. The fourth-order valence-electron chi connectivity index (χ4n) is 2.87. The smallest absolute Gasteiger partial charge is 0.260 e. The van der Waals surface area contributed by atoms with Crippen LogP contribution >= 0.6 is 23.4 Å². The van der Waals surface area contributed by atoms with Gasteiger partial charge in [0.15, 0.2) is 0 Å². The Morgan fingerprint density at radius 2 is 2.09 bits per heavy atom. The van der Waals surface area contributed by atoms with E-state index in [0.717, 1.165) is 16.2 Å². The predicted octanol–water partition coefficient (Wildman–Crippen LogP) is 4.34. The quantitative estimate of drug-likeness (QED) is 0.769. The first-order valence-corrected chi connectivity index (χ1v) is 8.48. The molecule has 116 valence electrons. The third-order valence-electron chi connectivity index (χ3n) is 4.19. The lowest BCUT2D eigenvalue weighted by molar-refractivity contribution is -0.122. The van der Waals surface area contributed by atoms with E-state index in [2.05, 4.69) is 5.10 Å². The third-order valence-corrected chi connectivity index (χ3v) is 5.87. The molecule has 1 amide bonds. The van der Waals surface area contributed by atoms with Crippen molar-refractivity contribution in [1.29, 1.82) is 0 Å². The Morgan fingerprint density at radius 1 is 1.30 bits per heavy atom. The van der Waals surface area contributed by atoms with Crippen molar-refractivity contribution in [2.45, 2.75) is 11.8 Å². The average molecular weight is 347 g/mol. The van der Waals surface area contributed by atoms with Gasteiger partial charge in [-0.25, -0.2) is 4.39 Å². The highest BCUT2D eigenvalue weighted by molar-refractivity contribution is 7.99. The topological polar surface area (TPSA) is 32.7 Å². The molecule has 0 fully saturated rings. The van der Waals surface area contributed by atoms with Crippen LogP contribution in [0.4, 0.5) is 10.1 Å². The predicted molar refractivity (Wildman–Crippen MR) is 90.7 cm³/mol. The maximum atomic E-state index is 13.4. The van der Waals surface area contributed by atoms with Gasteiger partial charge in [0.1, 0.15) is 11.2 Å². The van der Waals surface area contributed by atoms with Gasteiger partial charge in [-0.3, -0.25) is 4.79 Å².